The Labute approximate surface area is 162 Å². The third-order valence-corrected chi connectivity index (χ3v) is 8.70. The molecule has 26 heavy (non-hydrogen) atoms. The molecular formula is C22H39O3P. The van der Waals surface area contributed by atoms with E-state index in [1.54, 1.807) is 0 Å². The lowest BCUT2D eigenvalue weighted by Crippen LogP contribution is -2.41. The van der Waals surface area contributed by atoms with E-state index >= 15 is 0 Å². The van der Waals surface area contributed by atoms with Gasteiger partial charge < -0.3 is 14.0 Å². The number of hydrogen-bond donors (Lipinski definition) is 0. The van der Waals surface area contributed by atoms with Crippen molar-refractivity contribution in [1.82, 2.24) is 0 Å². The minimum atomic E-state index is 0.166. The second-order valence-corrected chi connectivity index (χ2v) is 9.65. The van der Waals surface area contributed by atoms with Crippen molar-refractivity contribution in [2.24, 2.45) is 28.6 Å². The summed E-state index contributed by atoms with van der Waals surface area (Å²) in [6.45, 7) is 7.12. The lowest BCUT2D eigenvalue weighted by atomic mass is 9.62. The molecule has 3 saturated carbocycles. The van der Waals surface area contributed by atoms with E-state index in [9.17, 15) is 0 Å². The van der Waals surface area contributed by atoms with Gasteiger partial charge in [-0.05, 0) is 68.6 Å². The summed E-state index contributed by atoms with van der Waals surface area (Å²) >= 11 is 0. The van der Waals surface area contributed by atoms with E-state index in [2.05, 4.69) is 42.4 Å². The number of methoxy groups -OCH3 is 2. The Morgan fingerprint density at radius 1 is 1.00 bits per heavy atom. The van der Waals surface area contributed by atoms with E-state index in [0.717, 1.165) is 11.8 Å². The third kappa shape index (κ3) is 3.54. The first kappa shape index (κ1) is 20.8. The zero-order valence-electron chi connectivity index (χ0n) is 17.4. The second-order valence-electron chi connectivity index (χ2n) is 9.37. The lowest BCUT2D eigenvalue weighted by molar-refractivity contribution is -0.0202. The maximum absolute atomic E-state index is 5.89. The van der Waals surface area contributed by atoms with Crippen molar-refractivity contribution in [2.45, 2.75) is 84.0 Å². The Bertz CT molecular complexity index is 504. The molecule has 3 nitrogen and oxygen atoms in total. The van der Waals surface area contributed by atoms with Crippen LogP contribution < -0.4 is 0 Å². The van der Waals surface area contributed by atoms with Crippen LogP contribution in [0.4, 0.5) is 0 Å². The quantitative estimate of drug-likeness (QED) is 0.415. The van der Waals surface area contributed by atoms with Gasteiger partial charge >= 0.3 is 0 Å². The smallest absolute Gasteiger partial charge is 0.0833 e. The normalized spacial score (nSPS) is 39.5. The van der Waals surface area contributed by atoms with E-state index in [1.807, 2.05) is 14.2 Å². The summed E-state index contributed by atoms with van der Waals surface area (Å²) in [5.74, 6) is 2.05. The number of ether oxygens (including phenoxy) is 2. The largest absolute Gasteiger partial charge is 0.381 e. The topological polar surface area (TPSA) is 27.7 Å². The van der Waals surface area contributed by atoms with Gasteiger partial charge in [0.1, 0.15) is 0 Å². The van der Waals surface area contributed by atoms with Crippen molar-refractivity contribution >= 4 is 9.47 Å². The highest BCUT2D eigenvalue weighted by molar-refractivity contribution is 7.09. The predicted molar refractivity (Wildman–Crippen MR) is 110 cm³/mol. The van der Waals surface area contributed by atoms with Crippen LogP contribution in [0.3, 0.4) is 0 Å². The molecule has 0 N–H and O–H groups in total. The summed E-state index contributed by atoms with van der Waals surface area (Å²) in [5.41, 5.74) is 0.605. The molecule has 6 unspecified atom stereocenters. The van der Waals surface area contributed by atoms with E-state index in [0.29, 0.717) is 17.4 Å². The monoisotopic (exact) mass is 382 g/mol. The van der Waals surface area contributed by atoms with Crippen LogP contribution in [0.15, 0.2) is 12.2 Å². The minimum absolute atomic E-state index is 0.166. The average Bonchev–Trinajstić information content (AvgIpc) is 3.36. The molecule has 3 fully saturated rings. The molecule has 0 bridgehead atoms. The highest BCUT2D eigenvalue weighted by atomic mass is 31.0. The first-order valence-electron chi connectivity index (χ1n) is 10.5. The zero-order chi connectivity index (χ0) is 18.9. The van der Waals surface area contributed by atoms with E-state index in [4.69, 9.17) is 14.0 Å². The molecule has 3 aliphatic carbocycles. The standard InChI is InChI=1S/C22H39O3P/c1-15(8-11-20(24-5)22(13-14-22)16(2)23-4)17-9-10-18-19(25-26)7-6-12-21(17,18)3/h8,11,15-20H,6-7,9-10,12-14,26H2,1-5H3/b11-8+/t15-,16?,17?,18?,19?,20?,21-/m1/s1. The molecule has 3 rings (SSSR count). The molecule has 0 aromatic heterocycles. The van der Waals surface area contributed by atoms with Crippen LogP contribution in [0.1, 0.15) is 65.7 Å². The summed E-state index contributed by atoms with van der Waals surface area (Å²) in [5, 5.41) is 0. The van der Waals surface area contributed by atoms with Crippen LogP contribution in [-0.2, 0) is 14.0 Å². The summed E-state index contributed by atoms with van der Waals surface area (Å²) in [6.07, 6.45) is 14.6. The Kier molecular flexibility index (Phi) is 6.55. The molecule has 0 heterocycles. The van der Waals surface area contributed by atoms with Crippen LogP contribution in [0.5, 0.6) is 0 Å². The molecule has 150 valence electrons. The highest BCUT2D eigenvalue weighted by Gasteiger charge is 2.54. The zero-order valence-corrected chi connectivity index (χ0v) is 18.5. The Hall–Kier alpha value is 0.0500. The van der Waals surface area contributed by atoms with Crippen LogP contribution in [-0.4, -0.2) is 32.5 Å². The summed E-state index contributed by atoms with van der Waals surface area (Å²) in [7, 11) is 6.18. The Morgan fingerprint density at radius 3 is 2.31 bits per heavy atom. The first-order valence-corrected chi connectivity index (χ1v) is 11.0. The molecule has 4 heteroatoms. The van der Waals surface area contributed by atoms with Gasteiger partial charge in [0.15, 0.2) is 0 Å². The van der Waals surface area contributed by atoms with E-state index in [1.165, 1.54) is 44.9 Å². The summed E-state index contributed by atoms with van der Waals surface area (Å²) < 4.78 is 17.3. The van der Waals surface area contributed by atoms with Crippen molar-refractivity contribution in [3.63, 3.8) is 0 Å². The fourth-order valence-corrected chi connectivity index (χ4v) is 6.73. The Morgan fingerprint density at radius 2 is 1.73 bits per heavy atom. The summed E-state index contributed by atoms with van der Waals surface area (Å²) in [4.78, 5) is 0. The van der Waals surface area contributed by atoms with E-state index in [-0.39, 0.29) is 17.6 Å². The molecule has 0 amide bonds. The maximum atomic E-state index is 5.89. The van der Waals surface area contributed by atoms with Gasteiger partial charge in [-0.1, -0.05) is 32.4 Å². The molecule has 0 saturated heterocycles. The average molecular weight is 383 g/mol. The fourth-order valence-electron chi connectivity index (χ4n) is 6.40. The fraction of sp³-hybridized carbons (Fsp3) is 0.909. The molecule has 3 aliphatic rings. The molecule has 0 aromatic carbocycles. The van der Waals surface area contributed by atoms with Gasteiger partial charge in [-0.3, -0.25) is 0 Å². The van der Waals surface area contributed by atoms with Gasteiger partial charge in [0.05, 0.1) is 18.3 Å². The molecule has 0 aliphatic heterocycles. The van der Waals surface area contributed by atoms with E-state index < -0.39 is 0 Å². The first-order chi connectivity index (χ1) is 12.4. The molecule has 0 aromatic rings. The SMILES string of the molecule is COC(C)C1(C(/C=C/[C@@H](C)C2CCC3C(OP)CCC[C@@]32C)OC)CC1. The predicted octanol–water partition coefficient (Wildman–Crippen LogP) is 5.40. The second kappa shape index (κ2) is 8.19. The van der Waals surface area contributed by atoms with Crippen LogP contribution in [0.25, 0.3) is 0 Å². The number of rotatable bonds is 8. The number of allylic oxidation sites excluding steroid dienone is 1. The van der Waals surface area contributed by atoms with Crippen LogP contribution in [0.2, 0.25) is 0 Å². The third-order valence-electron chi connectivity index (χ3n) is 8.35. The molecule has 0 spiro atoms. The van der Waals surface area contributed by atoms with Gasteiger partial charge in [0.2, 0.25) is 0 Å². The summed E-state index contributed by atoms with van der Waals surface area (Å²) in [6, 6.07) is 0. The van der Waals surface area contributed by atoms with Crippen molar-refractivity contribution < 1.29 is 14.0 Å². The lowest BCUT2D eigenvalue weighted by Gasteiger charge is -2.45. The van der Waals surface area contributed by atoms with Crippen LogP contribution in [0, 0.1) is 28.6 Å². The molecule has 0 radical (unpaired) electrons. The Balaban J connectivity index is 1.69. The highest BCUT2D eigenvalue weighted by Crippen LogP contribution is 2.59. The van der Waals surface area contributed by atoms with Crippen molar-refractivity contribution in [3.8, 4) is 0 Å². The van der Waals surface area contributed by atoms with Gasteiger partial charge in [0, 0.05) is 29.1 Å². The minimum Gasteiger partial charge on any atom is -0.381 e. The molecular weight excluding hydrogens is 343 g/mol. The van der Waals surface area contributed by atoms with Gasteiger partial charge in [-0.25, -0.2) is 0 Å². The van der Waals surface area contributed by atoms with Gasteiger partial charge in [-0.2, -0.15) is 0 Å². The number of fused-ring (bicyclic) bond motifs is 1. The van der Waals surface area contributed by atoms with Gasteiger partial charge in [-0.15, -0.1) is 0 Å². The van der Waals surface area contributed by atoms with Crippen molar-refractivity contribution in [2.75, 3.05) is 14.2 Å². The molecule has 8 atom stereocenters. The van der Waals surface area contributed by atoms with Gasteiger partial charge in [0.25, 0.3) is 0 Å². The van der Waals surface area contributed by atoms with Crippen molar-refractivity contribution in [1.29, 1.82) is 0 Å². The maximum Gasteiger partial charge on any atom is 0.0833 e. The number of hydrogen-bond acceptors (Lipinski definition) is 3. The van der Waals surface area contributed by atoms with Crippen LogP contribution >= 0.6 is 9.47 Å². The van der Waals surface area contributed by atoms with Crippen molar-refractivity contribution in [3.05, 3.63) is 12.2 Å².